The molecule has 0 bridgehead atoms. The van der Waals surface area contributed by atoms with Crippen molar-refractivity contribution in [3.8, 4) is 0 Å². The molecule has 1 aromatic rings. The van der Waals surface area contributed by atoms with E-state index in [2.05, 4.69) is 5.32 Å². The summed E-state index contributed by atoms with van der Waals surface area (Å²) >= 11 is 0. The first-order valence-electron chi connectivity index (χ1n) is 6.47. The van der Waals surface area contributed by atoms with Crippen LogP contribution in [0.1, 0.15) is 25.7 Å². The number of benzene rings is 1. The Labute approximate surface area is 113 Å². The molecule has 1 aliphatic heterocycles. The number of anilines is 1. The van der Waals surface area contributed by atoms with Gasteiger partial charge in [-0.3, -0.25) is 4.79 Å². The highest BCUT2D eigenvalue weighted by atomic mass is 16.7. The van der Waals surface area contributed by atoms with Crippen molar-refractivity contribution < 1.29 is 14.3 Å². The van der Waals surface area contributed by atoms with Gasteiger partial charge in [-0.25, -0.2) is 0 Å². The second-order valence-corrected chi connectivity index (χ2v) is 4.83. The van der Waals surface area contributed by atoms with Gasteiger partial charge in [0.05, 0.1) is 19.1 Å². The minimum Gasteiger partial charge on any atom is -0.346 e. The Morgan fingerprint density at radius 1 is 1.26 bits per heavy atom. The molecule has 2 atom stereocenters. The molecule has 5 heteroatoms. The zero-order valence-corrected chi connectivity index (χ0v) is 11.3. The molecule has 1 aliphatic rings. The van der Waals surface area contributed by atoms with Crippen LogP contribution in [-0.4, -0.2) is 25.2 Å². The number of nitrogens with two attached hydrogens (primary N) is 1. The van der Waals surface area contributed by atoms with Crippen LogP contribution < -0.4 is 11.1 Å². The number of hydrogen-bond donors (Lipinski definition) is 2. The maximum absolute atomic E-state index is 11.9. The van der Waals surface area contributed by atoms with E-state index in [-0.39, 0.29) is 24.2 Å². The molecule has 19 heavy (non-hydrogen) atoms. The van der Waals surface area contributed by atoms with Crippen LogP contribution in [0.25, 0.3) is 0 Å². The molecule has 0 saturated carbocycles. The average molecular weight is 264 g/mol. The Morgan fingerprint density at radius 3 is 2.37 bits per heavy atom. The van der Waals surface area contributed by atoms with Crippen LogP contribution in [0, 0.1) is 5.92 Å². The lowest BCUT2D eigenvalue weighted by Gasteiger charge is -2.16. The van der Waals surface area contributed by atoms with Crippen LogP contribution in [0.2, 0.25) is 0 Å². The molecule has 0 aromatic heterocycles. The first kappa shape index (κ1) is 14.0. The Hall–Kier alpha value is -1.43. The Morgan fingerprint density at radius 2 is 1.84 bits per heavy atom. The van der Waals surface area contributed by atoms with E-state index in [4.69, 9.17) is 15.2 Å². The van der Waals surface area contributed by atoms with Gasteiger partial charge in [-0.1, -0.05) is 19.1 Å². The van der Waals surface area contributed by atoms with Crippen LogP contribution in [-0.2, 0) is 14.3 Å². The van der Waals surface area contributed by atoms with Crippen molar-refractivity contribution >= 4 is 11.6 Å². The summed E-state index contributed by atoms with van der Waals surface area (Å²) in [6.07, 6.45) is -0.285. The van der Waals surface area contributed by atoms with Crippen molar-refractivity contribution in [2.45, 2.75) is 26.2 Å². The predicted octanol–water partition coefficient (Wildman–Crippen LogP) is 1.65. The van der Waals surface area contributed by atoms with Gasteiger partial charge in [0, 0.05) is 17.3 Å². The predicted molar refractivity (Wildman–Crippen MR) is 72.5 cm³/mol. The van der Waals surface area contributed by atoms with Gasteiger partial charge in [-0.15, -0.1) is 0 Å². The van der Waals surface area contributed by atoms with E-state index >= 15 is 0 Å². The number of nitrogens with one attached hydrogen (secondary N) is 1. The van der Waals surface area contributed by atoms with Crippen molar-refractivity contribution in [1.82, 2.24) is 0 Å². The number of carbonyl (C=O) groups is 1. The van der Waals surface area contributed by atoms with Crippen LogP contribution in [0.15, 0.2) is 24.3 Å². The third-order valence-electron chi connectivity index (χ3n) is 3.27. The first-order valence-corrected chi connectivity index (χ1v) is 6.47. The zero-order valence-electron chi connectivity index (χ0n) is 11.3. The molecule has 1 aromatic carbocycles. The van der Waals surface area contributed by atoms with Gasteiger partial charge >= 0.3 is 0 Å². The second kappa shape index (κ2) is 6.14. The molecule has 0 spiro atoms. The van der Waals surface area contributed by atoms with E-state index in [0.29, 0.717) is 13.2 Å². The minimum absolute atomic E-state index is 0.0730. The molecule has 1 amide bonds. The first-order chi connectivity index (χ1) is 9.08. The standard InChI is InChI=1S/C14H20N2O3/c1-9(10(2)15)13(17)16-12-5-3-11(4-6-12)14-18-7-8-19-14/h3-6,9-10,14H,7-8,15H2,1-2H3,(H,16,17). The third-order valence-corrected chi connectivity index (χ3v) is 3.27. The summed E-state index contributed by atoms with van der Waals surface area (Å²) in [5, 5.41) is 2.84. The number of ether oxygens (including phenoxy) is 2. The Bertz CT molecular complexity index is 425. The van der Waals surface area contributed by atoms with Crippen LogP contribution in [0.4, 0.5) is 5.69 Å². The fourth-order valence-electron chi connectivity index (χ4n) is 1.77. The van der Waals surface area contributed by atoms with Crippen molar-refractivity contribution in [3.63, 3.8) is 0 Å². The maximum Gasteiger partial charge on any atom is 0.228 e. The number of amides is 1. The zero-order chi connectivity index (χ0) is 13.8. The van der Waals surface area contributed by atoms with Crippen molar-refractivity contribution in [2.24, 2.45) is 11.7 Å². The molecule has 104 valence electrons. The Balaban J connectivity index is 1.96. The fraction of sp³-hybridized carbons (Fsp3) is 0.500. The van der Waals surface area contributed by atoms with Crippen LogP contribution in [0.5, 0.6) is 0 Å². The van der Waals surface area contributed by atoms with Gasteiger partial charge in [0.25, 0.3) is 0 Å². The molecule has 1 saturated heterocycles. The molecule has 0 aliphatic carbocycles. The number of carbonyl (C=O) groups excluding carboxylic acids is 1. The maximum atomic E-state index is 11.9. The smallest absolute Gasteiger partial charge is 0.228 e. The average Bonchev–Trinajstić information content (AvgIpc) is 2.92. The van der Waals surface area contributed by atoms with E-state index in [1.165, 1.54) is 0 Å². The summed E-state index contributed by atoms with van der Waals surface area (Å²) in [5.74, 6) is -0.294. The Kier molecular flexibility index (Phi) is 4.52. The molecule has 1 heterocycles. The molecule has 5 nitrogen and oxygen atoms in total. The fourth-order valence-corrected chi connectivity index (χ4v) is 1.77. The van der Waals surface area contributed by atoms with Gasteiger partial charge in [0.15, 0.2) is 6.29 Å². The highest BCUT2D eigenvalue weighted by Gasteiger charge is 2.19. The summed E-state index contributed by atoms with van der Waals surface area (Å²) in [6, 6.07) is 7.29. The quantitative estimate of drug-likeness (QED) is 0.867. The number of hydrogen-bond acceptors (Lipinski definition) is 4. The van der Waals surface area contributed by atoms with E-state index < -0.39 is 0 Å². The summed E-state index contributed by atoms with van der Waals surface area (Å²) in [5.41, 5.74) is 7.41. The van der Waals surface area contributed by atoms with Gasteiger partial charge in [0.1, 0.15) is 0 Å². The summed E-state index contributed by atoms with van der Waals surface area (Å²) in [7, 11) is 0. The van der Waals surface area contributed by atoms with Crippen LogP contribution >= 0.6 is 0 Å². The van der Waals surface area contributed by atoms with Gasteiger partial charge in [-0.05, 0) is 19.1 Å². The lowest BCUT2D eigenvalue weighted by Crippen LogP contribution is -2.34. The molecule has 2 unspecified atom stereocenters. The van der Waals surface area contributed by atoms with Gasteiger partial charge < -0.3 is 20.5 Å². The highest BCUT2D eigenvalue weighted by molar-refractivity contribution is 5.92. The van der Waals surface area contributed by atoms with Gasteiger partial charge in [-0.2, -0.15) is 0 Å². The van der Waals surface area contributed by atoms with E-state index in [1.54, 1.807) is 0 Å². The second-order valence-electron chi connectivity index (χ2n) is 4.83. The summed E-state index contributed by atoms with van der Waals surface area (Å²) in [6.45, 7) is 4.88. The van der Waals surface area contributed by atoms with E-state index in [9.17, 15) is 4.79 Å². The molecular formula is C14H20N2O3. The topological polar surface area (TPSA) is 73.6 Å². The normalized spacial score (nSPS) is 19.1. The lowest BCUT2D eigenvalue weighted by molar-refractivity contribution is -0.119. The van der Waals surface area contributed by atoms with Crippen molar-refractivity contribution in [3.05, 3.63) is 29.8 Å². The third kappa shape index (κ3) is 3.53. The van der Waals surface area contributed by atoms with Crippen molar-refractivity contribution in [2.75, 3.05) is 18.5 Å². The molecule has 0 radical (unpaired) electrons. The lowest BCUT2D eigenvalue weighted by atomic mass is 10.0. The summed E-state index contributed by atoms with van der Waals surface area (Å²) < 4.78 is 10.8. The molecule has 2 rings (SSSR count). The van der Waals surface area contributed by atoms with Crippen LogP contribution in [0.3, 0.4) is 0 Å². The minimum atomic E-state index is -0.285. The SMILES string of the molecule is CC(N)C(C)C(=O)Nc1ccc(C2OCCO2)cc1. The highest BCUT2D eigenvalue weighted by Crippen LogP contribution is 2.24. The molecule has 1 fully saturated rings. The molecule has 3 N–H and O–H groups in total. The monoisotopic (exact) mass is 264 g/mol. The van der Waals surface area contributed by atoms with Gasteiger partial charge in [0.2, 0.25) is 5.91 Å². The molecular weight excluding hydrogens is 244 g/mol. The summed E-state index contributed by atoms with van der Waals surface area (Å²) in [4.78, 5) is 11.9. The number of rotatable bonds is 4. The largest absolute Gasteiger partial charge is 0.346 e. The van der Waals surface area contributed by atoms with Crippen molar-refractivity contribution in [1.29, 1.82) is 0 Å². The van der Waals surface area contributed by atoms with E-state index in [1.807, 2.05) is 38.1 Å². The van der Waals surface area contributed by atoms with E-state index in [0.717, 1.165) is 11.3 Å².